The second-order valence-electron chi connectivity index (χ2n) is 5.97. The van der Waals surface area contributed by atoms with Gasteiger partial charge in [-0.2, -0.15) is 8.75 Å². The molecule has 0 unspecified atom stereocenters. The van der Waals surface area contributed by atoms with Crippen molar-refractivity contribution in [3.63, 3.8) is 0 Å². The van der Waals surface area contributed by atoms with Crippen LogP contribution >= 0.6 is 11.7 Å². The summed E-state index contributed by atoms with van der Waals surface area (Å²) in [7, 11) is -3.78. The second-order valence-corrected chi connectivity index (χ2v) is 8.14. The zero-order chi connectivity index (χ0) is 17.3. The van der Waals surface area contributed by atoms with Gasteiger partial charge in [0.05, 0.1) is 31.2 Å². The number of ether oxygens (including phenoxy) is 1. The van der Waals surface area contributed by atoms with Crippen LogP contribution in [-0.2, 0) is 14.8 Å². The normalized spacial score (nSPS) is 21.9. The van der Waals surface area contributed by atoms with Gasteiger partial charge in [0.2, 0.25) is 5.96 Å². The van der Waals surface area contributed by atoms with Crippen molar-refractivity contribution >= 4 is 38.7 Å². The van der Waals surface area contributed by atoms with E-state index in [0.717, 1.165) is 37.7 Å². The van der Waals surface area contributed by atoms with Crippen molar-refractivity contribution < 1.29 is 13.2 Å². The number of benzene rings is 1. The predicted octanol–water partition coefficient (Wildman–Crippen LogP) is 0.325. The van der Waals surface area contributed by atoms with Crippen LogP contribution in [0, 0.1) is 0 Å². The van der Waals surface area contributed by atoms with Gasteiger partial charge >= 0.3 is 0 Å². The molecule has 11 heteroatoms. The fourth-order valence-electron chi connectivity index (χ4n) is 2.91. The summed E-state index contributed by atoms with van der Waals surface area (Å²) in [4.78, 5) is 6.47. The van der Waals surface area contributed by atoms with E-state index in [-0.39, 0.29) is 17.0 Å². The maximum absolute atomic E-state index is 12.6. The van der Waals surface area contributed by atoms with Gasteiger partial charge < -0.3 is 10.1 Å². The third kappa shape index (κ3) is 3.59. The lowest BCUT2D eigenvalue weighted by Gasteiger charge is -2.28. The summed E-state index contributed by atoms with van der Waals surface area (Å²) < 4.78 is 41.5. The molecule has 9 nitrogen and oxygen atoms in total. The monoisotopic (exact) mass is 382 g/mol. The predicted molar refractivity (Wildman–Crippen MR) is 93.7 cm³/mol. The molecule has 1 aromatic heterocycles. The average molecular weight is 382 g/mol. The van der Waals surface area contributed by atoms with Gasteiger partial charge in [0.15, 0.2) is 0 Å². The molecule has 1 aromatic carbocycles. The van der Waals surface area contributed by atoms with Crippen LogP contribution in [0.4, 0.5) is 0 Å². The molecule has 0 amide bonds. The van der Waals surface area contributed by atoms with Crippen LogP contribution in [0.3, 0.4) is 0 Å². The van der Waals surface area contributed by atoms with Crippen LogP contribution < -0.4 is 10.0 Å². The minimum absolute atomic E-state index is 0.102. The molecule has 25 heavy (non-hydrogen) atoms. The molecular formula is C14H18N6O3S2. The number of nitrogens with one attached hydrogen (secondary N) is 2. The SMILES string of the molecule is O=S(=O)(NC1=NCN(C[C@@H]2CCCO2)CN1)c1cccc2nsnc12. The van der Waals surface area contributed by atoms with Crippen molar-refractivity contribution in [2.24, 2.45) is 4.99 Å². The minimum Gasteiger partial charge on any atom is -0.377 e. The second kappa shape index (κ2) is 6.83. The summed E-state index contributed by atoms with van der Waals surface area (Å²) in [5, 5.41) is 3.01. The Morgan fingerprint density at radius 3 is 3.08 bits per heavy atom. The number of rotatable bonds is 4. The van der Waals surface area contributed by atoms with Gasteiger partial charge in [-0.05, 0) is 25.0 Å². The van der Waals surface area contributed by atoms with E-state index >= 15 is 0 Å². The van der Waals surface area contributed by atoms with E-state index in [9.17, 15) is 8.42 Å². The fourth-order valence-corrected chi connectivity index (χ4v) is 4.68. The smallest absolute Gasteiger partial charge is 0.266 e. The van der Waals surface area contributed by atoms with Gasteiger partial charge in [-0.25, -0.2) is 18.1 Å². The number of sulfonamides is 1. The summed E-state index contributed by atoms with van der Waals surface area (Å²) in [6, 6.07) is 4.90. The maximum Gasteiger partial charge on any atom is 0.266 e. The summed E-state index contributed by atoms with van der Waals surface area (Å²) in [6.45, 7) is 2.55. The molecule has 1 atom stereocenters. The highest BCUT2D eigenvalue weighted by atomic mass is 32.2. The highest BCUT2D eigenvalue weighted by molar-refractivity contribution is 7.90. The number of aliphatic imine (C=N–C) groups is 1. The first-order valence-electron chi connectivity index (χ1n) is 7.98. The van der Waals surface area contributed by atoms with Gasteiger partial charge in [0.1, 0.15) is 15.9 Å². The summed E-state index contributed by atoms with van der Waals surface area (Å²) in [6.07, 6.45) is 2.40. The van der Waals surface area contributed by atoms with Gasteiger partial charge in [-0.1, -0.05) is 6.07 Å². The lowest BCUT2D eigenvalue weighted by molar-refractivity contribution is 0.0714. The molecule has 134 valence electrons. The van der Waals surface area contributed by atoms with Crippen LogP contribution in [-0.4, -0.2) is 60.6 Å². The molecule has 2 aliphatic rings. The molecule has 1 fully saturated rings. The Hall–Kier alpha value is -1.82. The van der Waals surface area contributed by atoms with Gasteiger partial charge in [0, 0.05) is 13.2 Å². The van der Waals surface area contributed by atoms with Crippen molar-refractivity contribution in [1.82, 2.24) is 23.7 Å². The van der Waals surface area contributed by atoms with Crippen LogP contribution in [0.25, 0.3) is 11.0 Å². The number of fused-ring (bicyclic) bond motifs is 1. The third-order valence-electron chi connectivity index (χ3n) is 4.15. The van der Waals surface area contributed by atoms with Crippen molar-refractivity contribution in [3.8, 4) is 0 Å². The van der Waals surface area contributed by atoms with Gasteiger partial charge in [0.25, 0.3) is 10.0 Å². The molecule has 0 spiro atoms. The molecule has 0 bridgehead atoms. The largest absolute Gasteiger partial charge is 0.377 e. The molecule has 1 saturated heterocycles. The summed E-state index contributed by atoms with van der Waals surface area (Å²) >= 11 is 0.988. The molecule has 2 aromatic rings. The zero-order valence-corrected chi connectivity index (χ0v) is 15.0. The van der Waals surface area contributed by atoms with Crippen molar-refractivity contribution in [3.05, 3.63) is 18.2 Å². The highest BCUT2D eigenvalue weighted by Crippen LogP contribution is 2.21. The third-order valence-corrected chi connectivity index (χ3v) is 6.07. The standard InChI is InChI=1S/C14H18N6O3S2/c21-25(22,12-5-1-4-11-13(12)18-24-17-11)19-14-15-8-20(9-16-14)7-10-3-2-6-23-10/h1,4-5,10H,2-3,6-9H2,(H2,15,16,19)/t10-/m0/s1. The lowest BCUT2D eigenvalue weighted by Crippen LogP contribution is -2.51. The van der Waals surface area contributed by atoms with Crippen LogP contribution in [0.1, 0.15) is 12.8 Å². The molecule has 0 saturated carbocycles. The van der Waals surface area contributed by atoms with E-state index in [1.165, 1.54) is 6.07 Å². The van der Waals surface area contributed by atoms with E-state index in [4.69, 9.17) is 4.74 Å². The Morgan fingerprint density at radius 2 is 2.32 bits per heavy atom. The van der Waals surface area contributed by atoms with Crippen molar-refractivity contribution in [1.29, 1.82) is 0 Å². The number of hydrogen-bond donors (Lipinski definition) is 2. The first-order chi connectivity index (χ1) is 12.1. The van der Waals surface area contributed by atoms with E-state index in [0.29, 0.717) is 24.4 Å². The van der Waals surface area contributed by atoms with E-state index < -0.39 is 10.0 Å². The quantitative estimate of drug-likeness (QED) is 0.784. The average Bonchev–Trinajstić information content (AvgIpc) is 3.27. The minimum atomic E-state index is -3.78. The van der Waals surface area contributed by atoms with E-state index in [1.54, 1.807) is 12.1 Å². The topological polar surface area (TPSA) is 109 Å². The first kappa shape index (κ1) is 16.6. The Morgan fingerprint density at radius 1 is 1.40 bits per heavy atom. The first-order valence-corrected chi connectivity index (χ1v) is 10.2. The molecule has 2 N–H and O–H groups in total. The number of nitrogens with zero attached hydrogens (tertiary/aromatic N) is 4. The molecule has 0 radical (unpaired) electrons. The zero-order valence-electron chi connectivity index (χ0n) is 13.4. The van der Waals surface area contributed by atoms with Gasteiger partial charge in [-0.3, -0.25) is 4.90 Å². The molecule has 3 heterocycles. The molecule has 2 aliphatic heterocycles. The van der Waals surface area contributed by atoms with Crippen LogP contribution in [0.15, 0.2) is 28.1 Å². The molecular weight excluding hydrogens is 364 g/mol. The Labute approximate surface area is 149 Å². The van der Waals surface area contributed by atoms with E-state index in [1.807, 2.05) is 0 Å². The lowest BCUT2D eigenvalue weighted by atomic mass is 10.2. The summed E-state index contributed by atoms with van der Waals surface area (Å²) in [5.41, 5.74) is 0.936. The van der Waals surface area contributed by atoms with Crippen LogP contribution in [0.2, 0.25) is 0 Å². The van der Waals surface area contributed by atoms with Crippen molar-refractivity contribution in [2.75, 3.05) is 26.5 Å². The number of hydrogen-bond acceptors (Lipinski definition) is 9. The van der Waals surface area contributed by atoms with Gasteiger partial charge in [-0.15, -0.1) is 0 Å². The maximum atomic E-state index is 12.6. The number of aromatic nitrogens is 2. The summed E-state index contributed by atoms with van der Waals surface area (Å²) in [5.74, 6) is 0.240. The Bertz CT molecular complexity index is 891. The highest BCUT2D eigenvalue weighted by Gasteiger charge is 2.24. The number of guanidine groups is 1. The Balaban J connectivity index is 1.44. The van der Waals surface area contributed by atoms with Crippen LogP contribution in [0.5, 0.6) is 0 Å². The van der Waals surface area contributed by atoms with E-state index in [2.05, 4.69) is 28.7 Å². The fraction of sp³-hybridized carbons (Fsp3) is 0.500. The molecule has 0 aliphatic carbocycles. The molecule has 4 rings (SSSR count). The van der Waals surface area contributed by atoms with Crippen molar-refractivity contribution in [2.45, 2.75) is 23.8 Å². The Kier molecular flexibility index (Phi) is 4.54.